The Morgan fingerprint density at radius 3 is 2.21 bits per heavy atom. The summed E-state index contributed by atoms with van der Waals surface area (Å²) in [7, 11) is 0. The van der Waals surface area contributed by atoms with Crippen molar-refractivity contribution in [1.82, 2.24) is 0 Å². The first-order chi connectivity index (χ1) is 8.95. The van der Waals surface area contributed by atoms with Gasteiger partial charge in [-0.2, -0.15) is 0 Å². The molecular formula is C17H24OSe. The van der Waals surface area contributed by atoms with Crippen LogP contribution in [0.25, 0.3) is 0 Å². The number of carbonyl (C=O) groups is 1. The second-order valence-corrected chi connectivity index (χ2v) is 9.86. The van der Waals surface area contributed by atoms with Crippen LogP contribution in [0.1, 0.15) is 46.5 Å². The molecule has 104 valence electrons. The van der Waals surface area contributed by atoms with Gasteiger partial charge in [-0.1, -0.05) is 0 Å². The molecule has 0 bridgehead atoms. The second kappa shape index (κ2) is 5.81. The molecule has 1 fully saturated rings. The van der Waals surface area contributed by atoms with Crippen molar-refractivity contribution in [3.63, 3.8) is 0 Å². The first kappa shape index (κ1) is 14.8. The predicted molar refractivity (Wildman–Crippen MR) is 82.0 cm³/mol. The maximum atomic E-state index is 11.7. The third kappa shape index (κ3) is 3.70. The normalized spacial score (nSPS) is 28.1. The zero-order chi connectivity index (χ0) is 13.9. The van der Waals surface area contributed by atoms with Crippen LogP contribution in [0.15, 0.2) is 30.3 Å². The summed E-state index contributed by atoms with van der Waals surface area (Å²) in [5.74, 6) is 0.771. The van der Waals surface area contributed by atoms with Gasteiger partial charge in [-0.05, 0) is 0 Å². The number of benzene rings is 1. The molecule has 19 heavy (non-hydrogen) atoms. The Hall–Kier alpha value is -0.591. The molecule has 0 aliphatic heterocycles. The molecule has 1 aliphatic carbocycles. The van der Waals surface area contributed by atoms with E-state index in [1.165, 1.54) is 23.6 Å². The Morgan fingerprint density at radius 1 is 1.16 bits per heavy atom. The molecule has 1 nitrogen and oxygen atoms in total. The van der Waals surface area contributed by atoms with Crippen LogP contribution >= 0.6 is 0 Å². The van der Waals surface area contributed by atoms with Gasteiger partial charge in [-0.25, -0.2) is 0 Å². The Labute approximate surface area is 123 Å². The van der Waals surface area contributed by atoms with Crippen molar-refractivity contribution in [2.24, 2.45) is 11.3 Å². The summed E-state index contributed by atoms with van der Waals surface area (Å²) in [6.45, 7) is 6.98. The van der Waals surface area contributed by atoms with Crippen LogP contribution in [-0.4, -0.2) is 21.2 Å². The van der Waals surface area contributed by atoms with Crippen LogP contribution < -0.4 is 4.46 Å². The molecule has 0 atom stereocenters. The quantitative estimate of drug-likeness (QED) is 0.613. The molecule has 0 N–H and O–H groups in total. The fourth-order valence-electron chi connectivity index (χ4n) is 2.94. The maximum absolute atomic E-state index is 11.7. The summed E-state index contributed by atoms with van der Waals surface area (Å²) >= 11 is 0.277. The molecule has 0 heterocycles. The Kier molecular flexibility index (Phi) is 4.53. The van der Waals surface area contributed by atoms with Gasteiger partial charge in [0.05, 0.1) is 0 Å². The van der Waals surface area contributed by atoms with Gasteiger partial charge in [0.15, 0.2) is 0 Å². The van der Waals surface area contributed by atoms with E-state index in [1.54, 1.807) is 0 Å². The Bertz CT molecular complexity index is 411. The molecule has 1 aliphatic rings. The molecule has 0 radical (unpaired) electrons. The van der Waals surface area contributed by atoms with Gasteiger partial charge in [0.2, 0.25) is 0 Å². The fourth-order valence-corrected chi connectivity index (χ4v) is 5.56. The van der Waals surface area contributed by atoms with Crippen molar-refractivity contribution in [1.29, 1.82) is 0 Å². The first-order valence-corrected chi connectivity index (χ1v) is 8.87. The fraction of sp³-hybridized carbons (Fsp3) is 0.588. The van der Waals surface area contributed by atoms with Gasteiger partial charge in [0.1, 0.15) is 0 Å². The van der Waals surface area contributed by atoms with Crippen LogP contribution in [0.5, 0.6) is 0 Å². The van der Waals surface area contributed by atoms with Crippen LogP contribution in [-0.2, 0) is 4.79 Å². The van der Waals surface area contributed by atoms with E-state index >= 15 is 0 Å². The number of carbonyl (C=O) groups excluding carboxylic acids is 1. The van der Waals surface area contributed by atoms with Crippen molar-refractivity contribution in [3.05, 3.63) is 30.3 Å². The van der Waals surface area contributed by atoms with Gasteiger partial charge in [0, 0.05) is 0 Å². The van der Waals surface area contributed by atoms with Gasteiger partial charge in [0.25, 0.3) is 0 Å². The van der Waals surface area contributed by atoms with Gasteiger partial charge < -0.3 is 0 Å². The van der Waals surface area contributed by atoms with E-state index in [-0.39, 0.29) is 19.3 Å². The molecule has 2 heteroatoms. The third-order valence-electron chi connectivity index (χ3n) is 4.34. The molecule has 1 saturated carbocycles. The number of rotatable bonds is 3. The summed E-state index contributed by atoms with van der Waals surface area (Å²) in [4.78, 5) is 11.7. The molecule has 0 saturated heterocycles. The van der Waals surface area contributed by atoms with Crippen LogP contribution in [0.3, 0.4) is 0 Å². The van der Waals surface area contributed by atoms with Crippen molar-refractivity contribution < 1.29 is 4.79 Å². The molecule has 0 spiro atoms. The van der Waals surface area contributed by atoms with Crippen LogP contribution in [0, 0.1) is 11.3 Å². The molecule has 0 unspecified atom stereocenters. The van der Waals surface area contributed by atoms with E-state index in [9.17, 15) is 4.79 Å². The van der Waals surface area contributed by atoms with E-state index in [0.29, 0.717) is 5.41 Å². The minimum atomic E-state index is -0.0455. The zero-order valence-corrected chi connectivity index (χ0v) is 13.9. The molecular weight excluding hydrogens is 299 g/mol. The summed E-state index contributed by atoms with van der Waals surface area (Å²) in [6.07, 6.45) is 5.83. The molecule has 0 aromatic heterocycles. The minimum absolute atomic E-state index is 0.0455. The first-order valence-electron chi connectivity index (χ1n) is 7.16. The summed E-state index contributed by atoms with van der Waals surface area (Å²) in [5.41, 5.74) is 0.384. The van der Waals surface area contributed by atoms with Gasteiger partial charge >= 0.3 is 123 Å². The zero-order valence-electron chi connectivity index (χ0n) is 12.2. The molecule has 1 aromatic carbocycles. The second-order valence-electron chi connectivity index (χ2n) is 6.74. The van der Waals surface area contributed by atoms with Crippen LogP contribution in [0.4, 0.5) is 0 Å². The van der Waals surface area contributed by atoms with E-state index in [1.807, 2.05) is 6.07 Å². The van der Waals surface area contributed by atoms with E-state index < -0.39 is 0 Å². The van der Waals surface area contributed by atoms with Crippen molar-refractivity contribution in [3.8, 4) is 0 Å². The molecule has 2 rings (SSSR count). The topological polar surface area (TPSA) is 17.1 Å². The molecule has 0 amide bonds. The average Bonchev–Trinajstić information content (AvgIpc) is 2.39. The van der Waals surface area contributed by atoms with Crippen LogP contribution in [0.2, 0.25) is 4.31 Å². The summed E-state index contributed by atoms with van der Waals surface area (Å²) in [5, 5.41) is 0. The number of hydrogen-bond donors (Lipinski definition) is 0. The van der Waals surface area contributed by atoms with E-state index in [0.717, 1.165) is 18.8 Å². The van der Waals surface area contributed by atoms with Gasteiger partial charge in [-0.15, -0.1) is 0 Å². The third-order valence-corrected chi connectivity index (χ3v) is 7.31. The Morgan fingerprint density at radius 2 is 1.74 bits per heavy atom. The average molecular weight is 323 g/mol. The summed E-state index contributed by atoms with van der Waals surface area (Å²) < 4.78 is 1.31. The van der Waals surface area contributed by atoms with Crippen molar-refractivity contribution in [2.75, 3.05) is 0 Å². The van der Waals surface area contributed by atoms with Crippen molar-refractivity contribution >= 4 is 25.7 Å². The van der Waals surface area contributed by atoms with E-state index in [2.05, 4.69) is 45.0 Å². The standard InChI is InChI=1S/C17H24OSe/c1-16(2,3)14-9-11-17(13-18,12-10-14)19-15-7-5-4-6-8-15/h4-8,13-14H,9-12H2,1-3H3. The van der Waals surface area contributed by atoms with Gasteiger partial charge in [-0.3, -0.25) is 0 Å². The number of hydrogen-bond acceptors (Lipinski definition) is 1. The monoisotopic (exact) mass is 324 g/mol. The van der Waals surface area contributed by atoms with Crippen molar-refractivity contribution in [2.45, 2.75) is 50.8 Å². The molecule has 1 aromatic rings. The number of aldehydes is 1. The Balaban J connectivity index is 2.04. The predicted octanol–water partition coefficient (Wildman–Crippen LogP) is 3.61. The summed E-state index contributed by atoms with van der Waals surface area (Å²) in [6, 6.07) is 10.5. The van der Waals surface area contributed by atoms with E-state index in [4.69, 9.17) is 0 Å². The SMILES string of the molecule is CC(C)(C)C1CCC(C=O)([Se]c2ccccc2)CC1.